The van der Waals surface area contributed by atoms with E-state index in [1.807, 2.05) is 11.8 Å². The lowest BCUT2D eigenvalue weighted by molar-refractivity contribution is -0.137. The van der Waals surface area contributed by atoms with Crippen LogP contribution < -0.4 is 4.90 Å². The number of anilines is 1. The van der Waals surface area contributed by atoms with Crippen LogP contribution in [0.2, 0.25) is 5.02 Å². The summed E-state index contributed by atoms with van der Waals surface area (Å²) in [5.74, 6) is -0.0326. The lowest BCUT2D eigenvalue weighted by Gasteiger charge is -2.36. The Kier molecular flexibility index (Phi) is 7.06. The van der Waals surface area contributed by atoms with E-state index in [-0.39, 0.29) is 34.7 Å². The first kappa shape index (κ1) is 25.1. The molecular weight excluding hydrogens is 471 g/mol. The number of aliphatic hydroxyl groups is 1. The zero-order valence-electron chi connectivity index (χ0n) is 19.3. The predicted molar refractivity (Wildman–Crippen MR) is 123 cm³/mol. The highest BCUT2D eigenvalue weighted by molar-refractivity contribution is 6.31. The largest absolute Gasteiger partial charge is 0.417 e. The average Bonchev–Trinajstić information content (AvgIpc) is 3.55. The topological polar surface area (TPSA) is 64.1 Å². The third-order valence-electron chi connectivity index (χ3n) is 7.57. The number of amides is 2. The fraction of sp³-hybridized carbons (Fsp3) is 0.667. The summed E-state index contributed by atoms with van der Waals surface area (Å²) in [6.45, 7) is 4.23. The Hall–Kier alpha value is -2.00. The van der Waals surface area contributed by atoms with Crippen molar-refractivity contribution in [1.82, 2.24) is 9.80 Å². The molecule has 4 rings (SSSR count). The van der Waals surface area contributed by atoms with Gasteiger partial charge in [0.25, 0.3) is 0 Å². The van der Waals surface area contributed by atoms with Crippen molar-refractivity contribution in [2.45, 2.75) is 63.8 Å². The molecule has 1 spiro atoms. The Morgan fingerprint density at radius 2 is 1.94 bits per heavy atom. The van der Waals surface area contributed by atoms with Gasteiger partial charge in [-0.15, -0.1) is 0 Å². The molecule has 1 aromatic carbocycles. The smallest absolute Gasteiger partial charge is 0.391 e. The molecule has 34 heavy (non-hydrogen) atoms. The maximum atomic E-state index is 13.0. The highest BCUT2D eigenvalue weighted by atomic mass is 35.5. The zero-order valence-corrected chi connectivity index (χ0v) is 20.0. The van der Waals surface area contributed by atoms with Crippen LogP contribution in [0.3, 0.4) is 0 Å². The van der Waals surface area contributed by atoms with E-state index < -0.39 is 17.8 Å². The SMILES string of the molecule is C[C@@H]1CN(CCCC(=O)N2CCC3(CC3)[C@H](O)C2)C(=O)CCN1c1ccc(C(F)(F)F)c(Cl)c1. The maximum absolute atomic E-state index is 13.0. The summed E-state index contributed by atoms with van der Waals surface area (Å²) in [6.07, 6.45) is -0.943. The molecule has 0 radical (unpaired) electrons. The molecule has 0 unspecified atom stereocenters. The third-order valence-corrected chi connectivity index (χ3v) is 7.88. The van der Waals surface area contributed by atoms with Crippen molar-refractivity contribution in [3.8, 4) is 0 Å². The first-order valence-electron chi connectivity index (χ1n) is 11.9. The van der Waals surface area contributed by atoms with Crippen LogP contribution in [0.1, 0.15) is 51.0 Å². The summed E-state index contributed by atoms with van der Waals surface area (Å²) in [7, 11) is 0. The molecule has 1 saturated carbocycles. The number of β-amino-alcohol motifs (C(OH)–C–C–N with tert-alkyl or cyclic N) is 1. The molecule has 1 aliphatic carbocycles. The molecular formula is C24H31ClF3N3O3. The van der Waals surface area contributed by atoms with Crippen molar-refractivity contribution >= 4 is 29.1 Å². The fourth-order valence-corrected chi connectivity index (χ4v) is 5.48. The van der Waals surface area contributed by atoms with Crippen molar-refractivity contribution in [3.05, 3.63) is 28.8 Å². The molecule has 1 aromatic rings. The summed E-state index contributed by atoms with van der Waals surface area (Å²) < 4.78 is 39.1. The van der Waals surface area contributed by atoms with Crippen LogP contribution in [0, 0.1) is 5.41 Å². The van der Waals surface area contributed by atoms with Crippen LogP contribution in [0.5, 0.6) is 0 Å². The molecule has 2 amide bonds. The van der Waals surface area contributed by atoms with Gasteiger partial charge in [-0.2, -0.15) is 13.2 Å². The van der Waals surface area contributed by atoms with Gasteiger partial charge in [-0.1, -0.05) is 11.6 Å². The Morgan fingerprint density at radius 1 is 1.21 bits per heavy atom. The number of rotatable bonds is 5. The van der Waals surface area contributed by atoms with Gasteiger partial charge in [0.15, 0.2) is 0 Å². The van der Waals surface area contributed by atoms with Crippen LogP contribution in [0.4, 0.5) is 18.9 Å². The minimum absolute atomic E-state index is 0.00546. The number of halogens is 4. The Morgan fingerprint density at radius 3 is 2.56 bits per heavy atom. The van der Waals surface area contributed by atoms with E-state index in [0.29, 0.717) is 51.3 Å². The summed E-state index contributed by atoms with van der Waals surface area (Å²) in [6, 6.07) is 3.55. The molecule has 2 atom stereocenters. The van der Waals surface area contributed by atoms with E-state index in [4.69, 9.17) is 11.6 Å². The van der Waals surface area contributed by atoms with Gasteiger partial charge in [0.05, 0.1) is 16.7 Å². The van der Waals surface area contributed by atoms with Gasteiger partial charge >= 0.3 is 6.18 Å². The Labute approximate surface area is 202 Å². The number of alkyl halides is 3. The van der Waals surface area contributed by atoms with Crippen molar-refractivity contribution in [2.75, 3.05) is 37.6 Å². The van der Waals surface area contributed by atoms with E-state index in [0.717, 1.165) is 25.3 Å². The van der Waals surface area contributed by atoms with Crippen LogP contribution in [0.15, 0.2) is 18.2 Å². The second kappa shape index (κ2) is 9.57. The summed E-state index contributed by atoms with van der Waals surface area (Å²) in [4.78, 5) is 30.7. The monoisotopic (exact) mass is 501 g/mol. The molecule has 188 valence electrons. The lowest BCUT2D eigenvalue weighted by Crippen LogP contribution is -2.47. The quantitative estimate of drug-likeness (QED) is 0.664. The summed E-state index contributed by atoms with van der Waals surface area (Å²) in [5.41, 5.74) is -0.280. The van der Waals surface area contributed by atoms with Crippen LogP contribution in [-0.4, -0.2) is 71.6 Å². The number of carbonyl (C=O) groups is 2. The molecule has 3 fully saturated rings. The highest BCUT2D eigenvalue weighted by Crippen LogP contribution is 2.53. The molecule has 0 aromatic heterocycles. The highest BCUT2D eigenvalue weighted by Gasteiger charge is 2.51. The maximum Gasteiger partial charge on any atom is 0.417 e. The number of hydrogen-bond donors (Lipinski definition) is 1. The number of nitrogens with zero attached hydrogens (tertiary/aromatic N) is 3. The standard InChI is InChI=1S/C24H31ClF3N3O3/c1-16-14-29(10-2-3-21(33)30-12-9-23(7-8-23)20(32)15-30)22(34)6-11-31(16)17-4-5-18(19(25)13-17)24(26,27)28/h4-5,13,16,20,32H,2-3,6-12,14-15H2,1H3/t16-,20-/m1/s1. The number of hydrogen-bond acceptors (Lipinski definition) is 4. The minimum atomic E-state index is -4.52. The average molecular weight is 502 g/mol. The summed E-state index contributed by atoms with van der Waals surface area (Å²) in [5, 5.41) is 9.96. The number of piperidine rings is 1. The summed E-state index contributed by atoms with van der Waals surface area (Å²) >= 11 is 5.89. The van der Waals surface area contributed by atoms with Crippen LogP contribution in [0.25, 0.3) is 0 Å². The van der Waals surface area contributed by atoms with Gasteiger partial charge in [0.1, 0.15) is 0 Å². The van der Waals surface area contributed by atoms with Gasteiger partial charge in [0, 0.05) is 57.3 Å². The van der Waals surface area contributed by atoms with E-state index in [1.165, 1.54) is 12.1 Å². The molecule has 0 bridgehead atoms. The zero-order chi connectivity index (χ0) is 24.7. The van der Waals surface area contributed by atoms with Crippen molar-refractivity contribution < 1.29 is 27.9 Å². The van der Waals surface area contributed by atoms with E-state index in [9.17, 15) is 27.9 Å². The number of aliphatic hydroxyl groups excluding tert-OH is 1. The van der Waals surface area contributed by atoms with Crippen molar-refractivity contribution in [3.63, 3.8) is 0 Å². The molecule has 10 heteroatoms. The molecule has 2 aliphatic heterocycles. The predicted octanol–water partition coefficient (Wildman–Crippen LogP) is 3.94. The second-order valence-corrected chi connectivity index (χ2v) is 10.3. The van der Waals surface area contributed by atoms with Crippen LogP contribution >= 0.6 is 11.6 Å². The minimum Gasteiger partial charge on any atom is -0.391 e. The fourth-order valence-electron chi connectivity index (χ4n) is 5.19. The van der Waals surface area contributed by atoms with Crippen molar-refractivity contribution in [1.29, 1.82) is 0 Å². The first-order valence-corrected chi connectivity index (χ1v) is 12.2. The molecule has 2 heterocycles. The van der Waals surface area contributed by atoms with E-state index in [2.05, 4.69) is 0 Å². The molecule has 6 nitrogen and oxygen atoms in total. The number of likely N-dealkylation sites (tertiary alicyclic amines) is 1. The van der Waals surface area contributed by atoms with Gasteiger partial charge in [-0.25, -0.2) is 0 Å². The first-order chi connectivity index (χ1) is 16.0. The van der Waals surface area contributed by atoms with Crippen LogP contribution in [-0.2, 0) is 15.8 Å². The number of benzene rings is 1. The van der Waals surface area contributed by atoms with Gasteiger partial charge in [-0.3, -0.25) is 9.59 Å². The molecule has 2 saturated heterocycles. The number of carbonyl (C=O) groups excluding carboxylic acids is 2. The second-order valence-electron chi connectivity index (χ2n) is 9.87. The van der Waals surface area contributed by atoms with Gasteiger partial charge in [0.2, 0.25) is 11.8 Å². The molecule has 1 N–H and O–H groups in total. The third kappa shape index (κ3) is 5.30. The van der Waals surface area contributed by atoms with Gasteiger partial charge < -0.3 is 19.8 Å². The lowest BCUT2D eigenvalue weighted by atomic mass is 9.90. The Bertz CT molecular complexity index is 938. The van der Waals surface area contributed by atoms with E-state index in [1.54, 1.807) is 9.80 Å². The van der Waals surface area contributed by atoms with E-state index >= 15 is 0 Å². The molecule has 3 aliphatic rings. The Balaban J connectivity index is 1.30. The normalized spacial score (nSPS) is 25.0. The van der Waals surface area contributed by atoms with Gasteiger partial charge in [-0.05, 0) is 56.2 Å². The van der Waals surface area contributed by atoms with Crippen molar-refractivity contribution in [2.24, 2.45) is 5.41 Å².